The molecule has 0 aliphatic carbocycles. The van der Waals surface area contributed by atoms with Gasteiger partial charge in [-0.25, -0.2) is 4.98 Å². The molecular formula is C25H17N3O3S3. The molecule has 0 atom stereocenters. The first kappa shape index (κ1) is 22.1. The molecule has 4 aromatic rings. The highest BCUT2D eigenvalue weighted by Gasteiger charge is 2.34. The zero-order valence-corrected chi connectivity index (χ0v) is 20.3. The van der Waals surface area contributed by atoms with Crippen molar-refractivity contribution in [2.24, 2.45) is 0 Å². The summed E-state index contributed by atoms with van der Waals surface area (Å²) in [4.78, 5) is 33.4. The SMILES string of the molecule is Cc1nc(-c2ccc(/C=C3\C(=O)NC(=S)N(c4ccc(Oc5ccccc5)cc4)C3=O)s2)cs1. The largest absolute Gasteiger partial charge is 0.457 e. The molecule has 2 amide bonds. The molecule has 6 nitrogen and oxygen atoms in total. The molecule has 2 aromatic heterocycles. The maximum atomic E-state index is 13.3. The lowest BCUT2D eigenvalue weighted by molar-refractivity contribution is -0.122. The Hall–Kier alpha value is -3.66. The van der Waals surface area contributed by atoms with E-state index in [1.807, 2.05) is 54.8 Å². The second-order valence-electron chi connectivity index (χ2n) is 7.32. The minimum atomic E-state index is -0.519. The fourth-order valence-corrected chi connectivity index (χ4v) is 5.25. The average molecular weight is 504 g/mol. The number of aryl methyl sites for hydroxylation is 1. The molecular weight excluding hydrogens is 486 g/mol. The van der Waals surface area contributed by atoms with Gasteiger partial charge in [0, 0.05) is 10.3 Å². The second kappa shape index (κ2) is 9.30. The van der Waals surface area contributed by atoms with Crippen molar-refractivity contribution in [2.75, 3.05) is 4.90 Å². The number of hydrogen-bond donors (Lipinski definition) is 1. The van der Waals surface area contributed by atoms with E-state index >= 15 is 0 Å². The summed E-state index contributed by atoms with van der Waals surface area (Å²) in [5.41, 5.74) is 1.43. The van der Waals surface area contributed by atoms with Gasteiger partial charge in [0.1, 0.15) is 17.1 Å². The lowest BCUT2D eigenvalue weighted by atomic mass is 10.1. The number of rotatable bonds is 5. The van der Waals surface area contributed by atoms with Crippen LogP contribution in [0.5, 0.6) is 11.5 Å². The van der Waals surface area contributed by atoms with Gasteiger partial charge in [0.05, 0.1) is 21.3 Å². The van der Waals surface area contributed by atoms with E-state index < -0.39 is 11.8 Å². The summed E-state index contributed by atoms with van der Waals surface area (Å²) < 4.78 is 5.81. The number of aromatic nitrogens is 1. The Morgan fingerprint density at radius 1 is 1.00 bits per heavy atom. The van der Waals surface area contributed by atoms with Crippen LogP contribution < -0.4 is 15.0 Å². The molecule has 5 rings (SSSR count). The van der Waals surface area contributed by atoms with Gasteiger partial charge in [-0.2, -0.15) is 0 Å². The van der Waals surface area contributed by atoms with Gasteiger partial charge >= 0.3 is 0 Å². The number of carbonyl (C=O) groups excluding carboxylic acids is 2. The van der Waals surface area contributed by atoms with E-state index in [9.17, 15) is 9.59 Å². The molecule has 2 aromatic carbocycles. The van der Waals surface area contributed by atoms with E-state index in [2.05, 4.69) is 10.3 Å². The third kappa shape index (κ3) is 4.54. The maximum absolute atomic E-state index is 13.3. The molecule has 0 radical (unpaired) electrons. The van der Waals surface area contributed by atoms with Crippen molar-refractivity contribution < 1.29 is 14.3 Å². The molecule has 0 unspecified atom stereocenters. The van der Waals surface area contributed by atoms with E-state index in [-0.39, 0.29) is 10.7 Å². The van der Waals surface area contributed by atoms with Crippen LogP contribution >= 0.6 is 34.9 Å². The predicted octanol–water partition coefficient (Wildman–Crippen LogP) is 5.80. The van der Waals surface area contributed by atoms with E-state index in [0.717, 1.165) is 20.5 Å². The van der Waals surface area contributed by atoms with Crippen LogP contribution in [0, 0.1) is 6.92 Å². The number of benzene rings is 2. The third-order valence-electron chi connectivity index (χ3n) is 4.96. The first-order chi connectivity index (χ1) is 16.5. The highest BCUT2D eigenvalue weighted by Crippen LogP contribution is 2.31. The van der Waals surface area contributed by atoms with Crippen LogP contribution in [0.15, 0.2) is 77.7 Å². The van der Waals surface area contributed by atoms with Crippen LogP contribution in [0.1, 0.15) is 9.88 Å². The predicted molar refractivity (Wildman–Crippen MR) is 139 cm³/mol. The first-order valence-electron chi connectivity index (χ1n) is 10.2. The number of thiophene rings is 1. The zero-order valence-electron chi connectivity index (χ0n) is 17.8. The summed E-state index contributed by atoms with van der Waals surface area (Å²) in [6.07, 6.45) is 1.59. The van der Waals surface area contributed by atoms with Crippen molar-refractivity contribution in [1.29, 1.82) is 0 Å². The van der Waals surface area contributed by atoms with Gasteiger partial charge in [0.2, 0.25) is 0 Å². The fourth-order valence-electron chi connectivity index (χ4n) is 3.37. The number of anilines is 1. The molecule has 3 heterocycles. The quantitative estimate of drug-likeness (QED) is 0.212. The summed E-state index contributed by atoms with van der Waals surface area (Å²) in [6.45, 7) is 1.95. The number of thiazole rings is 1. The van der Waals surface area contributed by atoms with Crippen LogP contribution in [0.2, 0.25) is 0 Å². The van der Waals surface area contributed by atoms with Gasteiger partial charge in [-0.15, -0.1) is 22.7 Å². The summed E-state index contributed by atoms with van der Waals surface area (Å²) in [5, 5.41) is 5.62. The van der Waals surface area contributed by atoms with Crippen LogP contribution in [-0.4, -0.2) is 21.9 Å². The monoisotopic (exact) mass is 503 g/mol. The van der Waals surface area contributed by atoms with Crippen molar-refractivity contribution in [3.63, 3.8) is 0 Å². The number of hydrogen-bond acceptors (Lipinski definition) is 7. The number of carbonyl (C=O) groups is 2. The van der Waals surface area contributed by atoms with Gasteiger partial charge in [0.15, 0.2) is 5.11 Å². The summed E-state index contributed by atoms with van der Waals surface area (Å²) >= 11 is 8.34. The normalized spacial score (nSPS) is 15.0. The molecule has 1 aliphatic heterocycles. The topological polar surface area (TPSA) is 71.5 Å². The molecule has 1 fully saturated rings. The number of amides is 2. The van der Waals surface area contributed by atoms with Crippen LogP contribution in [0.25, 0.3) is 16.6 Å². The minimum absolute atomic E-state index is 0.0149. The lowest BCUT2D eigenvalue weighted by Crippen LogP contribution is -2.54. The van der Waals surface area contributed by atoms with E-state index in [1.54, 1.807) is 41.7 Å². The molecule has 0 saturated carbocycles. The highest BCUT2D eigenvalue weighted by atomic mass is 32.1. The second-order valence-corrected chi connectivity index (χ2v) is 9.88. The van der Waals surface area contributed by atoms with Crippen molar-refractivity contribution in [3.8, 4) is 22.1 Å². The smallest absolute Gasteiger partial charge is 0.270 e. The van der Waals surface area contributed by atoms with E-state index in [4.69, 9.17) is 17.0 Å². The average Bonchev–Trinajstić information content (AvgIpc) is 3.47. The number of nitrogens with zero attached hydrogens (tertiary/aromatic N) is 2. The Morgan fingerprint density at radius 2 is 1.74 bits per heavy atom. The molecule has 1 aliphatic rings. The third-order valence-corrected chi connectivity index (χ3v) is 7.07. The van der Waals surface area contributed by atoms with Crippen LogP contribution in [-0.2, 0) is 9.59 Å². The van der Waals surface area contributed by atoms with Crippen molar-refractivity contribution in [2.45, 2.75) is 6.92 Å². The Balaban J connectivity index is 1.39. The molecule has 9 heteroatoms. The van der Waals surface area contributed by atoms with Gasteiger partial charge in [-0.1, -0.05) is 18.2 Å². The Labute approximate surface area is 209 Å². The molecule has 0 spiro atoms. The fraction of sp³-hybridized carbons (Fsp3) is 0.0400. The standard InChI is InChI=1S/C25H17N3O3S3/c1-15-26-21(14-33-15)22-12-11-19(34-22)13-20-23(29)27-25(32)28(24(20)30)16-7-9-18(10-8-16)31-17-5-3-2-4-6-17/h2-14H,1H3,(H,27,29,32)/b20-13+. The number of thiocarbonyl (C=S) groups is 1. The van der Waals surface area contributed by atoms with Gasteiger partial charge < -0.3 is 4.74 Å². The van der Waals surface area contributed by atoms with Crippen LogP contribution in [0.4, 0.5) is 5.69 Å². The minimum Gasteiger partial charge on any atom is -0.457 e. The van der Waals surface area contributed by atoms with E-state index in [1.165, 1.54) is 16.2 Å². The summed E-state index contributed by atoms with van der Waals surface area (Å²) in [6, 6.07) is 20.2. The van der Waals surface area contributed by atoms with Crippen molar-refractivity contribution in [3.05, 3.63) is 87.6 Å². The number of ether oxygens (including phenoxy) is 1. The molecule has 34 heavy (non-hydrogen) atoms. The van der Waals surface area contributed by atoms with Crippen LogP contribution in [0.3, 0.4) is 0 Å². The molecule has 168 valence electrons. The molecule has 1 saturated heterocycles. The van der Waals surface area contributed by atoms with Gasteiger partial charge in [-0.3, -0.25) is 19.8 Å². The Bertz CT molecular complexity index is 1420. The van der Waals surface area contributed by atoms with Gasteiger partial charge in [-0.05, 0) is 73.7 Å². The summed E-state index contributed by atoms with van der Waals surface area (Å²) in [5.74, 6) is 0.327. The van der Waals surface area contributed by atoms with Gasteiger partial charge in [0.25, 0.3) is 11.8 Å². The lowest BCUT2D eigenvalue weighted by Gasteiger charge is -2.28. The van der Waals surface area contributed by atoms with Crippen molar-refractivity contribution in [1.82, 2.24) is 10.3 Å². The molecule has 0 bridgehead atoms. The molecule has 1 N–H and O–H groups in total. The Morgan fingerprint density at radius 3 is 2.44 bits per heavy atom. The maximum Gasteiger partial charge on any atom is 0.270 e. The van der Waals surface area contributed by atoms with E-state index in [0.29, 0.717) is 17.2 Å². The highest BCUT2D eigenvalue weighted by molar-refractivity contribution is 7.80. The van der Waals surface area contributed by atoms with Crippen molar-refractivity contribution >= 4 is 63.6 Å². The Kier molecular flexibility index (Phi) is 6.06. The number of nitrogens with one attached hydrogen (secondary N) is 1. The number of para-hydroxylation sites is 1. The zero-order chi connectivity index (χ0) is 23.7. The summed E-state index contributed by atoms with van der Waals surface area (Å²) in [7, 11) is 0. The first-order valence-corrected chi connectivity index (χ1v) is 12.3.